The Labute approximate surface area is 183 Å². The molecule has 0 bridgehead atoms. The molecule has 0 radical (unpaired) electrons. The van der Waals surface area contributed by atoms with Gasteiger partial charge in [0.05, 0.1) is 12.3 Å². The van der Waals surface area contributed by atoms with Crippen molar-refractivity contribution in [2.24, 2.45) is 4.99 Å². The molecule has 1 aliphatic heterocycles. The lowest BCUT2D eigenvalue weighted by Crippen LogP contribution is -2.44. The molecule has 28 heavy (non-hydrogen) atoms. The van der Waals surface area contributed by atoms with E-state index in [-0.39, 0.29) is 30.0 Å². The zero-order valence-corrected chi connectivity index (χ0v) is 19.0. The van der Waals surface area contributed by atoms with E-state index in [2.05, 4.69) is 36.7 Å². The van der Waals surface area contributed by atoms with Crippen LogP contribution in [0.25, 0.3) is 0 Å². The normalized spacial score (nSPS) is 16.4. The highest BCUT2D eigenvalue weighted by Crippen LogP contribution is 2.24. The van der Waals surface area contributed by atoms with Crippen LogP contribution in [-0.2, 0) is 6.42 Å². The first-order valence-electron chi connectivity index (χ1n) is 9.77. The molecule has 8 nitrogen and oxygen atoms in total. The predicted octanol–water partition coefficient (Wildman–Crippen LogP) is 2.91. The van der Waals surface area contributed by atoms with Crippen molar-refractivity contribution in [3.63, 3.8) is 0 Å². The van der Waals surface area contributed by atoms with Crippen molar-refractivity contribution >= 4 is 29.9 Å². The van der Waals surface area contributed by atoms with Crippen molar-refractivity contribution in [1.82, 2.24) is 25.7 Å². The molecule has 3 rings (SSSR count). The van der Waals surface area contributed by atoms with E-state index in [1.54, 1.807) is 13.3 Å². The second-order valence-corrected chi connectivity index (χ2v) is 6.85. The number of nitrogens with zero attached hydrogens (tertiary/aromatic N) is 4. The fraction of sp³-hybridized carbons (Fsp3) is 0.632. The molecule has 1 atom stereocenters. The summed E-state index contributed by atoms with van der Waals surface area (Å²) >= 11 is 0. The van der Waals surface area contributed by atoms with Gasteiger partial charge in [-0.05, 0) is 51.4 Å². The van der Waals surface area contributed by atoms with Gasteiger partial charge in [0.2, 0.25) is 5.89 Å². The monoisotopic (exact) mass is 502 g/mol. The minimum Gasteiger partial charge on any atom is -0.468 e. The Morgan fingerprint density at radius 1 is 1.29 bits per heavy atom. The molecule has 1 aliphatic rings. The molecule has 3 heterocycles. The summed E-state index contributed by atoms with van der Waals surface area (Å²) in [6, 6.07) is 4.24. The molecule has 9 heteroatoms. The third-order valence-corrected chi connectivity index (χ3v) is 4.82. The van der Waals surface area contributed by atoms with E-state index in [0.717, 1.165) is 50.7 Å². The van der Waals surface area contributed by atoms with Gasteiger partial charge < -0.3 is 19.6 Å². The zero-order valence-electron chi connectivity index (χ0n) is 16.7. The van der Waals surface area contributed by atoms with Crippen LogP contribution >= 0.6 is 24.0 Å². The topological polar surface area (TPSA) is 91.7 Å². The largest absolute Gasteiger partial charge is 0.468 e. The van der Waals surface area contributed by atoms with Crippen LogP contribution in [0.15, 0.2) is 32.3 Å². The highest BCUT2D eigenvalue weighted by molar-refractivity contribution is 14.0. The molecule has 1 fully saturated rings. The van der Waals surface area contributed by atoms with Crippen LogP contribution in [0, 0.1) is 6.92 Å². The van der Waals surface area contributed by atoms with Crippen molar-refractivity contribution in [2.75, 3.05) is 33.2 Å². The van der Waals surface area contributed by atoms with Crippen molar-refractivity contribution in [3.05, 3.63) is 35.9 Å². The number of halogens is 1. The average molecular weight is 502 g/mol. The number of piperidine rings is 1. The van der Waals surface area contributed by atoms with Gasteiger partial charge in [0.15, 0.2) is 11.8 Å². The number of hydrogen-bond donors (Lipinski definition) is 2. The number of rotatable bonds is 8. The second kappa shape index (κ2) is 12.1. The van der Waals surface area contributed by atoms with Gasteiger partial charge in [0.25, 0.3) is 0 Å². The van der Waals surface area contributed by atoms with Crippen LogP contribution in [0.5, 0.6) is 0 Å². The molecule has 0 saturated carbocycles. The number of nitrogens with one attached hydrogen (secondary N) is 2. The molecule has 0 aromatic carbocycles. The molecular formula is C19H31IN6O2. The van der Waals surface area contributed by atoms with Gasteiger partial charge >= 0.3 is 0 Å². The molecular weight excluding hydrogens is 471 g/mol. The number of guanidine groups is 1. The van der Waals surface area contributed by atoms with Crippen molar-refractivity contribution < 1.29 is 8.94 Å². The number of likely N-dealkylation sites (tertiary alicyclic amines) is 1. The summed E-state index contributed by atoms with van der Waals surface area (Å²) in [4.78, 5) is 11.0. The highest BCUT2D eigenvalue weighted by atomic mass is 127. The van der Waals surface area contributed by atoms with Crippen LogP contribution in [0.3, 0.4) is 0 Å². The first-order chi connectivity index (χ1) is 13.3. The molecule has 0 amide bonds. The van der Waals surface area contributed by atoms with Gasteiger partial charge in [-0.1, -0.05) is 11.6 Å². The van der Waals surface area contributed by atoms with Crippen LogP contribution in [-0.4, -0.2) is 54.2 Å². The molecule has 156 valence electrons. The molecule has 2 aromatic heterocycles. The van der Waals surface area contributed by atoms with E-state index >= 15 is 0 Å². The average Bonchev–Trinajstić information content (AvgIpc) is 3.36. The lowest BCUT2D eigenvalue weighted by atomic mass is 10.1. The third kappa shape index (κ3) is 6.77. The quantitative estimate of drug-likeness (QED) is 0.248. The minimum absolute atomic E-state index is 0. The van der Waals surface area contributed by atoms with Crippen LogP contribution in [0.4, 0.5) is 0 Å². The fourth-order valence-electron chi connectivity index (χ4n) is 3.42. The van der Waals surface area contributed by atoms with Gasteiger partial charge in [-0.15, -0.1) is 24.0 Å². The van der Waals surface area contributed by atoms with Gasteiger partial charge in [-0.25, -0.2) is 0 Å². The number of aryl methyl sites for hydroxylation is 2. The predicted molar refractivity (Wildman–Crippen MR) is 119 cm³/mol. The number of aromatic nitrogens is 2. The molecule has 0 spiro atoms. The van der Waals surface area contributed by atoms with E-state index in [1.165, 1.54) is 19.3 Å². The van der Waals surface area contributed by atoms with E-state index in [4.69, 9.17) is 8.94 Å². The Kier molecular flexibility index (Phi) is 9.76. The van der Waals surface area contributed by atoms with Crippen LogP contribution < -0.4 is 10.6 Å². The SMILES string of the molecule is CN=C(NCCCc1nc(C)no1)NCC(c1ccco1)N1CCCCC1.I. The second-order valence-electron chi connectivity index (χ2n) is 6.85. The first kappa shape index (κ1) is 22.7. The van der Waals surface area contributed by atoms with Crippen molar-refractivity contribution in [3.8, 4) is 0 Å². The minimum atomic E-state index is 0. The van der Waals surface area contributed by atoms with E-state index in [0.29, 0.717) is 11.7 Å². The summed E-state index contributed by atoms with van der Waals surface area (Å²) in [6.07, 6.45) is 7.22. The number of aliphatic imine (C=N–C) groups is 1. The highest BCUT2D eigenvalue weighted by Gasteiger charge is 2.24. The maximum Gasteiger partial charge on any atom is 0.226 e. The summed E-state index contributed by atoms with van der Waals surface area (Å²) in [7, 11) is 1.79. The lowest BCUT2D eigenvalue weighted by Gasteiger charge is -2.33. The molecule has 2 N–H and O–H groups in total. The molecule has 1 unspecified atom stereocenters. The summed E-state index contributed by atoms with van der Waals surface area (Å²) < 4.78 is 10.8. The summed E-state index contributed by atoms with van der Waals surface area (Å²) in [6.45, 7) is 5.60. The Morgan fingerprint density at radius 3 is 2.75 bits per heavy atom. The van der Waals surface area contributed by atoms with Crippen LogP contribution in [0.1, 0.15) is 49.2 Å². The van der Waals surface area contributed by atoms with Crippen molar-refractivity contribution in [1.29, 1.82) is 0 Å². The Balaban J connectivity index is 0.00000280. The first-order valence-corrected chi connectivity index (χ1v) is 9.77. The maximum atomic E-state index is 5.70. The third-order valence-electron chi connectivity index (χ3n) is 4.82. The van der Waals surface area contributed by atoms with E-state index in [9.17, 15) is 0 Å². The van der Waals surface area contributed by atoms with Gasteiger partial charge in [0.1, 0.15) is 5.76 Å². The smallest absolute Gasteiger partial charge is 0.226 e. The number of hydrogen-bond acceptors (Lipinski definition) is 6. The standard InChI is InChI=1S/C19H30N6O2.HI/c1-15-23-18(27-24-15)9-6-10-21-19(20-2)22-14-16(17-8-7-13-26-17)25-11-4-3-5-12-25;/h7-8,13,16H,3-6,9-12,14H2,1-2H3,(H2,20,21,22);1H. The Hall–Kier alpha value is -1.62. The summed E-state index contributed by atoms with van der Waals surface area (Å²) in [5.74, 6) is 3.16. The zero-order chi connectivity index (χ0) is 18.9. The Bertz CT molecular complexity index is 697. The van der Waals surface area contributed by atoms with Gasteiger partial charge in [-0.2, -0.15) is 4.98 Å². The Morgan fingerprint density at radius 2 is 2.11 bits per heavy atom. The van der Waals surface area contributed by atoms with Crippen LogP contribution in [0.2, 0.25) is 0 Å². The summed E-state index contributed by atoms with van der Waals surface area (Å²) in [5.41, 5.74) is 0. The maximum absolute atomic E-state index is 5.70. The fourth-order valence-corrected chi connectivity index (χ4v) is 3.42. The van der Waals surface area contributed by atoms with E-state index < -0.39 is 0 Å². The van der Waals surface area contributed by atoms with Crippen molar-refractivity contribution in [2.45, 2.75) is 45.1 Å². The summed E-state index contributed by atoms with van der Waals surface area (Å²) in [5, 5.41) is 10.6. The molecule has 2 aromatic rings. The van der Waals surface area contributed by atoms with Gasteiger partial charge in [-0.3, -0.25) is 9.89 Å². The molecule has 0 aliphatic carbocycles. The van der Waals surface area contributed by atoms with Gasteiger partial charge in [0, 0.05) is 26.6 Å². The number of furan rings is 1. The lowest BCUT2D eigenvalue weighted by molar-refractivity contribution is 0.146. The molecule has 1 saturated heterocycles. The van der Waals surface area contributed by atoms with E-state index in [1.807, 2.05) is 13.0 Å².